The molecule has 0 spiro atoms. The molecule has 3 heterocycles. The lowest BCUT2D eigenvalue weighted by Crippen LogP contribution is -2.61. The summed E-state index contributed by atoms with van der Waals surface area (Å²) < 4.78 is 42.1. The number of ketones is 3. The minimum Gasteiger partial charge on any atom is -0.473 e. The van der Waals surface area contributed by atoms with Gasteiger partial charge in [-0.05, 0) is 131 Å². The van der Waals surface area contributed by atoms with Gasteiger partial charge in [-0.1, -0.05) is 87.0 Å². The number of nitrogens with zero attached hydrogens (tertiary/aromatic N) is 1. The second kappa shape index (κ2) is 30.1. The van der Waals surface area contributed by atoms with E-state index in [1.165, 1.54) is 12.0 Å². The lowest BCUT2D eigenvalue weighted by Gasteiger charge is -2.42. The van der Waals surface area contributed by atoms with Crippen molar-refractivity contribution < 1.29 is 72.1 Å². The summed E-state index contributed by atoms with van der Waals surface area (Å²) in [4.78, 5) is 85.5. The van der Waals surface area contributed by atoms with Crippen LogP contribution in [0.2, 0.25) is 0 Å². The second-order valence-electron chi connectivity index (χ2n) is 21.9. The summed E-state index contributed by atoms with van der Waals surface area (Å²) in [6.45, 7) is 12.5. The van der Waals surface area contributed by atoms with Gasteiger partial charge in [-0.3, -0.25) is 24.5 Å². The van der Waals surface area contributed by atoms with Gasteiger partial charge in [0.05, 0.1) is 18.3 Å². The SMILES string of the molecule is COC1CC2CC[C@@H](C)[C@@](O)(O2)C(=O)C(=O)N2CCCC[C@H]2C(=O)OC(C(C)CC2CC[C@@H](OC(=O)NCOc3ccc(Br)cc3)C(OC)C2)CC(=O)C(C)/C=C(\C)[C@@H](O)C(OC)C(=O)[C@H](C)CC(C)/C=C/C=C/C=C/1C. The Bertz CT molecular complexity index is 2280. The number of carbonyl (C=O) groups excluding carboxylic acids is 6. The van der Waals surface area contributed by atoms with Crippen molar-refractivity contribution in [2.75, 3.05) is 34.6 Å². The number of ether oxygens (including phenoxy) is 7. The molecule has 1 aromatic carbocycles. The van der Waals surface area contributed by atoms with Gasteiger partial charge in [0.2, 0.25) is 5.79 Å². The molecule has 0 aromatic heterocycles. The number of esters is 1. The van der Waals surface area contributed by atoms with Gasteiger partial charge < -0.3 is 48.3 Å². The number of aliphatic hydroxyl groups excluding tert-OH is 1. The van der Waals surface area contributed by atoms with Crippen LogP contribution in [0, 0.1) is 35.5 Å². The maximum Gasteiger partial charge on any atom is 0.410 e. The highest BCUT2D eigenvalue weighted by molar-refractivity contribution is 9.10. The number of aliphatic hydroxyl groups is 2. The number of hydrogen-bond acceptors (Lipinski definition) is 15. The zero-order valence-corrected chi connectivity index (χ0v) is 48.4. The molecule has 1 aromatic rings. The Kier molecular flexibility index (Phi) is 24.8. The Labute approximate surface area is 464 Å². The molecule has 9 unspecified atom stereocenters. The van der Waals surface area contributed by atoms with Crippen LogP contribution in [0.4, 0.5) is 4.79 Å². The van der Waals surface area contributed by atoms with E-state index in [-0.39, 0.29) is 49.5 Å². The van der Waals surface area contributed by atoms with E-state index in [0.29, 0.717) is 75.5 Å². The molecule has 3 aliphatic heterocycles. The average molecular weight is 1140 g/mol. The zero-order valence-electron chi connectivity index (χ0n) is 46.8. The van der Waals surface area contributed by atoms with Gasteiger partial charge in [0, 0.05) is 62.9 Å². The number of cyclic esters (lactones) is 1. The van der Waals surface area contributed by atoms with Gasteiger partial charge >= 0.3 is 12.1 Å². The zero-order chi connectivity index (χ0) is 56.6. The maximum absolute atomic E-state index is 14.6. The fraction of sp³-hybridized carbons (Fsp3) is 0.661. The molecular weight excluding hydrogens is 1060 g/mol. The number of methoxy groups -OCH3 is 3. The molecule has 3 fully saturated rings. The van der Waals surface area contributed by atoms with Crippen molar-refractivity contribution in [1.29, 1.82) is 0 Å². The summed E-state index contributed by atoms with van der Waals surface area (Å²) in [5, 5.41) is 26.2. The number of hydrogen-bond donors (Lipinski definition) is 3. The van der Waals surface area contributed by atoms with E-state index >= 15 is 0 Å². The van der Waals surface area contributed by atoms with Gasteiger partial charge in [0.25, 0.3) is 11.7 Å². The van der Waals surface area contributed by atoms with E-state index in [4.69, 9.17) is 33.2 Å². The molecule has 2 bridgehead atoms. The molecule has 4 aliphatic rings. The summed E-state index contributed by atoms with van der Waals surface area (Å²) in [6.07, 6.45) is 9.69. The monoisotopic (exact) mass is 1140 g/mol. The Morgan fingerprint density at radius 3 is 2.29 bits per heavy atom. The topological polar surface area (TPSA) is 223 Å². The van der Waals surface area contributed by atoms with Crippen LogP contribution in [0.5, 0.6) is 5.75 Å². The van der Waals surface area contributed by atoms with Crippen LogP contribution in [0.1, 0.15) is 126 Å². The molecule has 5 rings (SSSR count). The van der Waals surface area contributed by atoms with Gasteiger partial charge in [-0.25, -0.2) is 9.59 Å². The van der Waals surface area contributed by atoms with Crippen molar-refractivity contribution in [3.8, 4) is 5.75 Å². The molecule has 3 N–H and O–H groups in total. The molecule has 77 heavy (non-hydrogen) atoms. The molecule has 2 saturated heterocycles. The molecule has 0 radical (unpaired) electrons. The van der Waals surface area contributed by atoms with Crippen LogP contribution in [0.15, 0.2) is 76.3 Å². The molecular formula is C59H85BrN2O15. The number of carbonyl (C=O) groups is 6. The number of allylic oxidation sites excluding steroid dienone is 6. The largest absolute Gasteiger partial charge is 0.473 e. The first-order valence-corrected chi connectivity index (χ1v) is 28.2. The fourth-order valence-corrected chi connectivity index (χ4v) is 11.4. The smallest absolute Gasteiger partial charge is 0.410 e. The number of alkyl carbamates (subject to hydrolysis) is 1. The van der Waals surface area contributed by atoms with E-state index in [0.717, 1.165) is 10.0 Å². The number of rotatable bonds is 10. The Hall–Kier alpha value is -4.56. The molecule has 2 amide bonds. The third-order valence-corrected chi connectivity index (χ3v) is 16.5. The highest BCUT2D eigenvalue weighted by Crippen LogP contribution is 2.38. The van der Waals surface area contributed by atoms with Crippen LogP contribution in [0.25, 0.3) is 0 Å². The predicted octanol–water partition coefficient (Wildman–Crippen LogP) is 8.71. The highest BCUT2D eigenvalue weighted by atomic mass is 79.9. The number of nitrogens with one attached hydrogen (secondary N) is 1. The van der Waals surface area contributed by atoms with Crippen molar-refractivity contribution in [2.24, 2.45) is 35.5 Å². The molecule has 1 aliphatic carbocycles. The maximum atomic E-state index is 14.6. The van der Waals surface area contributed by atoms with Crippen LogP contribution in [-0.2, 0) is 52.4 Å². The van der Waals surface area contributed by atoms with Crippen LogP contribution >= 0.6 is 15.9 Å². The molecule has 15 atom stereocenters. The van der Waals surface area contributed by atoms with E-state index < -0.39 is 102 Å². The summed E-state index contributed by atoms with van der Waals surface area (Å²) in [5.74, 6) is -7.86. The number of halogens is 1. The third-order valence-electron chi connectivity index (χ3n) is 16.0. The van der Waals surface area contributed by atoms with E-state index in [1.54, 1.807) is 60.1 Å². The number of Topliss-reactive ketones (excluding diaryl/α,β-unsaturated/α-hetero) is 3. The lowest BCUT2D eigenvalue weighted by molar-refractivity contribution is -0.265. The van der Waals surface area contributed by atoms with Gasteiger partial charge in [0.1, 0.15) is 42.0 Å². The molecule has 18 heteroatoms. The number of fused-ring (bicyclic) bond motifs is 3. The minimum absolute atomic E-state index is 0.00148. The highest BCUT2D eigenvalue weighted by Gasteiger charge is 2.53. The first-order chi connectivity index (χ1) is 36.6. The van der Waals surface area contributed by atoms with Crippen molar-refractivity contribution in [2.45, 2.75) is 180 Å². The molecule has 1 saturated carbocycles. The fourth-order valence-electron chi connectivity index (χ4n) is 11.1. The summed E-state index contributed by atoms with van der Waals surface area (Å²) in [5.41, 5.74) is 1.23. The number of piperidine rings is 1. The Morgan fingerprint density at radius 1 is 0.870 bits per heavy atom. The Morgan fingerprint density at radius 2 is 1.60 bits per heavy atom. The predicted molar refractivity (Wildman–Crippen MR) is 292 cm³/mol. The quantitative estimate of drug-likeness (QED) is 0.0863. The van der Waals surface area contributed by atoms with Crippen molar-refractivity contribution in [3.05, 3.63) is 76.3 Å². The normalized spacial score (nSPS) is 35.7. The van der Waals surface area contributed by atoms with E-state index in [9.17, 15) is 39.0 Å². The minimum atomic E-state index is -2.46. The van der Waals surface area contributed by atoms with Crippen LogP contribution in [0.3, 0.4) is 0 Å². The first kappa shape index (κ1) is 63.3. The van der Waals surface area contributed by atoms with E-state index in [1.807, 2.05) is 63.3 Å². The first-order valence-electron chi connectivity index (χ1n) is 27.4. The third kappa shape index (κ3) is 17.7. The summed E-state index contributed by atoms with van der Waals surface area (Å²) >= 11 is 3.39. The summed E-state index contributed by atoms with van der Waals surface area (Å²) in [7, 11) is 4.49. The molecule has 17 nitrogen and oxygen atoms in total. The summed E-state index contributed by atoms with van der Waals surface area (Å²) in [6, 6.07) is 5.99. The second-order valence-corrected chi connectivity index (χ2v) is 22.8. The van der Waals surface area contributed by atoms with Crippen LogP contribution in [-0.4, -0.2) is 140 Å². The van der Waals surface area contributed by atoms with Crippen molar-refractivity contribution in [1.82, 2.24) is 10.2 Å². The lowest BCUT2D eigenvalue weighted by atomic mass is 9.78. The average Bonchev–Trinajstić information content (AvgIpc) is 3.40. The van der Waals surface area contributed by atoms with Gasteiger partial charge in [0.15, 0.2) is 12.5 Å². The number of amides is 2. The van der Waals surface area contributed by atoms with Crippen molar-refractivity contribution >= 4 is 51.2 Å². The van der Waals surface area contributed by atoms with Gasteiger partial charge in [-0.2, -0.15) is 0 Å². The standard InChI is InChI=1S/C59H85BrN2O15/c1-35-16-12-11-13-17-36(2)49(71-8)32-45-23-19-41(7)59(70,77-45)55(66)56(67)62-27-15-14-18-46(62)57(68)75-50(33-47(63)37(3)29-40(6)53(65)54(73-10)52(64)39(5)28-35)38(4)30-42-20-26-48(51(31-42)72-9)76-58(69)61-34-74-44-24-21-43(60)22-25-44/h11-13,16-17,21-22,24-25,29,35,37-39,41-42,45-46,48-51,53-54,65,70H,14-15,18-20,23,26-28,30-34H2,1-10H3,(H,61,69)/b13-11+,16-12+,36-17+,40-29+/t35?,37?,38?,39-,41-,42?,45?,46+,48-,49?,50?,51?,53-,54?,59-/m1/s1. The van der Waals surface area contributed by atoms with Crippen molar-refractivity contribution in [3.63, 3.8) is 0 Å². The number of benzene rings is 1. The molecule has 428 valence electrons. The van der Waals surface area contributed by atoms with Crippen LogP contribution < -0.4 is 10.1 Å². The van der Waals surface area contributed by atoms with Gasteiger partial charge in [-0.15, -0.1) is 0 Å². The van der Waals surface area contributed by atoms with E-state index in [2.05, 4.69) is 21.2 Å². The Balaban J connectivity index is 1.40.